The Morgan fingerprint density at radius 2 is 2.24 bits per heavy atom. The zero-order chi connectivity index (χ0) is 11.8. The lowest BCUT2D eigenvalue weighted by Crippen LogP contribution is -2.12. The number of imidazole rings is 1. The molecule has 0 fully saturated rings. The van der Waals surface area contributed by atoms with Crippen LogP contribution in [-0.2, 0) is 7.05 Å². The van der Waals surface area contributed by atoms with Gasteiger partial charge in [-0.05, 0) is 24.3 Å². The Kier molecular flexibility index (Phi) is 2.04. The molecule has 0 aliphatic carbocycles. The monoisotopic (exact) mass is 226 g/mol. The fourth-order valence-electron chi connectivity index (χ4n) is 1.79. The molecular formula is C12H10N4O. The number of hydrogen-bond donors (Lipinski definition) is 0. The van der Waals surface area contributed by atoms with E-state index in [-0.39, 0.29) is 5.91 Å². The number of carbonyl (C=O) groups excluding carboxylic acids is 1. The van der Waals surface area contributed by atoms with Crippen LogP contribution in [0.25, 0.3) is 11.0 Å². The van der Waals surface area contributed by atoms with Gasteiger partial charge in [-0.2, -0.15) is 5.10 Å². The van der Waals surface area contributed by atoms with E-state index in [9.17, 15) is 4.79 Å². The summed E-state index contributed by atoms with van der Waals surface area (Å²) in [6.07, 6.45) is 4.94. The van der Waals surface area contributed by atoms with Crippen LogP contribution in [-0.4, -0.2) is 25.2 Å². The van der Waals surface area contributed by atoms with E-state index in [0.29, 0.717) is 5.56 Å². The third-order valence-corrected chi connectivity index (χ3v) is 2.68. The van der Waals surface area contributed by atoms with Crippen molar-refractivity contribution >= 4 is 16.9 Å². The van der Waals surface area contributed by atoms with Crippen molar-refractivity contribution in [3.63, 3.8) is 0 Å². The number of nitrogens with zero attached hydrogens (tertiary/aromatic N) is 4. The lowest BCUT2D eigenvalue weighted by molar-refractivity contribution is 0.0945. The molecule has 0 radical (unpaired) electrons. The number of fused-ring (bicyclic) bond motifs is 1. The number of aryl methyl sites for hydroxylation is 1. The lowest BCUT2D eigenvalue weighted by atomic mass is 10.2. The minimum Gasteiger partial charge on any atom is -0.334 e. The van der Waals surface area contributed by atoms with Gasteiger partial charge in [0.2, 0.25) is 0 Å². The van der Waals surface area contributed by atoms with Crippen LogP contribution in [0.4, 0.5) is 0 Å². The molecule has 1 aromatic carbocycles. The highest BCUT2D eigenvalue weighted by Gasteiger charge is 2.10. The van der Waals surface area contributed by atoms with Gasteiger partial charge in [-0.3, -0.25) is 4.79 Å². The maximum Gasteiger partial charge on any atom is 0.278 e. The van der Waals surface area contributed by atoms with E-state index in [0.717, 1.165) is 11.0 Å². The summed E-state index contributed by atoms with van der Waals surface area (Å²) < 4.78 is 3.22. The first-order valence-electron chi connectivity index (χ1n) is 5.21. The maximum atomic E-state index is 12.0. The predicted molar refractivity (Wildman–Crippen MR) is 62.7 cm³/mol. The lowest BCUT2D eigenvalue weighted by Gasteiger charge is -2.01. The Morgan fingerprint density at radius 1 is 1.35 bits per heavy atom. The SMILES string of the molecule is Cn1cnc2cc(C(=O)n3cccn3)ccc21. The third-order valence-electron chi connectivity index (χ3n) is 2.68. The summed E-state index contributed by atoms with van der Waals surface area (Å²) in [5, 5.41) is 3.92. The van der Waals surface area contributed by atoms with Crippen LogP contribution < -0.4 is 0 Å². The number of aromatic nitrogens is 4. The van der Waals surface area contributed by atoms with Crippen LogP contribution in [0.5, 0.6) is 0 Å². The van der Waals surface area contributed by atoms with E-state index < -0.39 is 0 Å². The minimum atomic E-state index is -0.150. The highest BCUT2D eigenvalue weighted by atomic mass is 16.2. The zero-order valence-corrected chi connectivity index (χ0v) is 9.24. The molecule has 0 amide bonds. The zero-order valence-electron chi connectivity index (χ0n) is 9.24. The summed E-state index contributed by atoms with van der Waals surface area (Å²) in [6, 6.07) is 7.17. The molecule has 0 N–H and O–H groups in total. The molecule has 0 bridgehead atoms. The Balaban J connectivity index is 2.09. The molecule has 2 heterocycles. The summed E-state index contributed by atoms with van der Waals surface area (Å²) in [5.74, 6) is -0.150. The second-order valence-corrected chi connectivity index (χ2v) is 3.81. The molecule has 0 spiro atoms. The van der Waals surface area contributed by atoms with Crippen molar-refractivity contribution in [2.75, 3.05) is 0 Å². The van der Waals surface area contributed by atoms with Crippen molar-refractivity contribution in [3.05, 3.63) is 48.5 Å². The molecule has 0 aliphatic heterocycles. The van der Waals surface area contributed by atoms with Gasteiger partial charge in [0, 0.05) is 25.0 Å². The van der Waals surface area contributed by atoms with Crippen LogP contribution in [0.3, 0.4) is 0 Å². The fraction of sp³-hybridized carbons (Fsp3) is 0.0833. The van der Waals surface area contributed by atoms with Crippen LogP contribution in [0.1, 0.15) is 10.4 Å². The molecule has 17 heavy (non-hydrogen) atoms. The van der Waals surface area contributed by atoms with E-state index >= 15 is 0 Å². The summed E-state index contributed by atoms with van der Waals surface area (Å²) in [7, 11) is 1.92. The van der Waals surface area contributed by atoms with Gasteiger partial charge < -0.3 is 4.57 Å². The fourth-order valence-corrected chi connectivity index (χ4v) is 1.79. The van der Waals surface area contributed by atoms with Crippen molar-refractivity contribution in [1.29, 1.82) is 0 Å². The van der Waals surface area contributed by atoms with Gasteiger partial charge >= 0.3 is 0 Å². The smallest absolute Gasteiger partial charge is 0.278 e. The van der Waals surface area contributed by atoms with Gasteiger partial charge in [-0.15, -0.1) is 0 Å². The molecule has 0 saturated heterocycles. The van der Waals surface area contributed by atoms with E-state index in [1.165, 1.54) is 4.68 Å². The average Bonchev–Trinajstić information content (AvgIpc) is 2.98. The van der Waals surface area contributed by atoms with Crippen LogP contribution in [0, 0.1) is 0 Å². The molecular weight excluding hydrogens is 216 g/mol. The molecule has 0 unspecified atom stereocenters. The standard InChI is InChI=1S/C12H10N4O/c1-15-8-13-10-7-9(3-4-11(10)15)12(17)16-6-2-5-14-16/h2-8H,1H3. The van der Waals surface area contributed by atoms with Crippen molar-refractivity contribution < 1.29 is 4.79 Å². The van der Waals surface area contributed by atoms with Crippen LogP contribution in [0.15, 0.2) is 43.0 Å². The maximum absolute atomic E-state index is 12.0. The Bertz CT molecular complexity index is 682. The Hall–Kier alpha value is -2.43. The van der Waals surface area contributed by atoms with Crippen molar-refractivity contribution in [1.82, 2.24) is 19.3 Å². The average molecular weight is 226 g/mol. The minimum absolute atomic E-state index is 0.150. The second kappa shape index (κ2) is 3.55. The van der Waals surface area contributed by atoms with Crippen LogP contribution >= 0.6 is 0 Å². The quantitative estimate of drug-likeness (QED) is 0.631. The molecule has 0 aliphatic rings. The van der Waals surface area contributed by atoms with Gasteiger partial charge in [0.15, 0.2) is 0 Å². The van der Waals surface area contributed by atoms with Gasteiger partial charge in [0.1, 0.15) is 0 Å². The molecule has 0 atom stereocenters. The van der Waals surface area contributed by atoms with Crippen LogP contribution in [0.2, 0.25) is 0 Å². The molecule has 84 valence electrons. The first-order chi connectivity index (χ1) is 8.25. The van der Waals surface area contributed by atoms with Gasteiger partial charge in [-0.25, -0.2) is 9.67 Å². The van der Waals surface area contributed by atoms with Gasteiger partial charge in [0.25, 0.3) is 5.91 Å². The number of carbonyl (C=O) groups is 1. The van der Waals surface area contributed by atoms with Crippen molar-refractivity contribution in [2.45, 2.75) is 0 Å². The summed E-state index contributed by atoms with van der Waals surface area (Å²) in [6.45, 7) is 0. The van der Waals surface area contributed by atoms with Gasteiger partial charge in [0.05, 0.1) is 17.4 Å². The number of rotatable bonds is 1. The van der Waals surface area contributed by atoms with E-state index in [4.69, 9.17) is 0 Å². The molecule has 3 aromatic rings. The Morgan fingerprint density at radius 3 is 3.00 bits per heavy atom. The second-order valence-electron chi connectivity index (χ2n) is 3.81. The van der Waals surface area contributed by atoms with Crippen molar-refractivity contribution in [2.24, 2.45) is 7.05 Å². The molecule has 5 nitrogen and oxygen atoms in total. The van der Waals surface area contributed by atoms with Crippen molar-refractivity contribution in [3.8, 4) is 0 Å². The first-order valence-corrected chi connectivity index (χ1v) is 5.21. The highest BCUT2D eigenvalue weighted by molar-refractivity contribution is 5.98. The van der Waals surface area contributed by atoms with Gasteiger partial charge in [-0.1, -0.05) is 0 Å². The number of benzene rings is 1. The first kappa shape index (κ1) is 9.77. The van der Waals surface area contributed by atoms with E-state index in [2.05, 4.69) is 10.1 Å². The number of hydrogen-bond acceptors (Lipinski definition) is 3. The largest absolute Gasteiger partial charge is 0.334 e. The normalized spacial score (nSPS) is 10.9. The predicted octanol–water partition coefficient (Wildman–Crippen LogP) is 1.46. The van der Waals surface area contributed by atoms with E-state index in [1.54, 1.807) is 36.9 Å². The summed E-state index contributed by atoms with van der Waals surface area (Å²) in [5.41, 5.74) is 2.40. The molecule has 3 rings (SSSR count). The Labute approximate surface area is 97.3 Å². The molecule has 2 aromatic heterocycles. The summed E-state index contributed by atoms with van der Waals surface area (Å²) in [4.78, 5) is 16.2. The molecule has 5 heteroatoms. The molecule has 0 saturated carbocycles. The summed E-state index contributed by atoms with van der Waals surface area (Å²) >= 11 is 0. The topological polar surface area (TPSA) is 52.7 Å². The third kappa shape index (κ3) is 1.52. The van der Waals surface area contributed by atoms with E-state index in [1.807, 2.05) is 17.7 Å². The highest BCUT2D eigenvalue weighted by Crippen LogP contribution is 2.14.